The number of pyridine rings is 1. The first kappa shape index (κ1) is 17.8. The first-order chi connectivity index (χ1) is 12.6. The van der Waals surface area contributed by atoms with Gasteiger partial charge in [-0.05, 0) is 43.9 Å². The number of carbonyl (C=O) groups excluding carboxylic acids is 1. The summed E-state index contributed by atoms with van der Waals surface area (Å²) in [5, 5.41) is 6.85. The minimum atomic E-state index is -0.0873. The third-order valence-corrected chi connectivity index (χ3v) is 3.68. The Balaban J connectivity index is 1.54. The van der Waals surface area contributed by atoms with Crippen LogP contribution in [0.15, 0.2) is 53.3 Å². The van der Waals surface area contributed by atoms with Gasteiger partial charge in [-0.25, -0.2) is 0 Å². The summed E-state index contributed by atoms with van der Waals surface area (Å²) < 4.78 is 5.22. The molecule has 0 bridgehead atoms. The number of nitrogens with zero attached hydrogens (tertiary/aromatic N) is 4. The third-order valence-electron chi connectivity index (χ3n) is 3.68. The lowest BCUT2D eigenvalue weighted by atomic mass is 10.2. The van der Waals surface area contributed by atoms with Crippen molar-refractivity contribution in [2.75, 3.05) is 19.4 Å². The average Bonchev–Trinajstić information content (AvgIpc) is 3.09. The summed E-state index contributed by atoms with van der Waals surface area (Å²) in [5.41, 5.74) is 2.77. The minimum Gasteiger partial charge on any atom is -0.339 e. The maximum Gasteiger partial charge on any atom is 0.227 e. The molecule has 26 heavy (non-hydrogen) atoms. The number of anilines is 1. The summed E-state index contributed by atoms with van der Waals surface area (Å²) >= 11 is 0. The van der Waals surface area contributed by atoms with Crippen LogP contribution in [0.5, 0.6) is 0 Å². The summed E-state index contributed by atoms with van der Waals surface area (Å²) in [7, 11) is 4.02. The SMILES string of the molecule is CN(C)Cc1cccc(NC(=O)CCc2nc(-c3ccncc3)no2)c1. The molecule has 0 saturated carbocycles. The van der Waals surface area contributed by atoms with Crippen LogP contribution in [0.25, 0.3) is 11.4 Å². The molecule has 0 saturated heterocycles. The van der Waals surface area contributed by atoms with E-state index in [0.29, 0.717) is 18.1 Å². The van der Waals surface area contributed by atoms with Crippen LogP contribution in [0, 0.1) is 0 Å². The number of aromatic nitrogens is 3. The van der Waals surface area contributed by atoms with Crippen LogP contribution < -0.4 is 5.32 Å². The van der Waals surface area contributed by atoms with Crippen LogP contribution >= 0.6 is 0 Å². The largest absolute Gasteiger partial charge is 0.339 e. The summed E-state index contributed by atoms with van der Waals surface area (Å²) in [6.45, 7) is 0.823. The topological polar surface area (TPSA) is 84.2 Å². The van der Waals surface area contributed by atoms with Crippen molar-refractivity contribution in [1.82, 2.24) is 20.0 Å². The highest BCUT2D eigenvalue weighted by Gasteiger charge is 2.11. The fourth-order valence-electron chi connectivity index (χ4n) is 2.53. The van der Waals surface area contributed by atoms with E-state index in [4.69, 9.17) is 4.52 Å². The van der Waals surface area contributed by atoms with Gasteiger partial charge in [0.1, 0.15) is 0 Å². The van der Waals surface area contributed by atoms with Gasteiger partial charge in [0.25, 0.3) is 0 Å². The zero-order valence-corrected chi connectivity index (χ0v) is 14.8. The first-order valence-corrected chi connectivity index (χ1v) is 8.36. The van der Waals surface area contributed by atoms with Crippen molar-refractivity contribution in [3.8, 4) is 11.4 Å². The lowest BCUT2D eigenvalue weighted by Crippen LogP contribution is -2.14. The van der Waals surface area contributed by atoms with Crippen LogP contribution in [-0.4, -0.2) is 40.0 Å². The Kier molecular flexibility index (Phi) is 5.70. The second kappa shape index (κ2) is 8.35. The van der Waals surface area contributed by atoms with Gasteiger partial charge >= 0.3 is 0 Å². The van der Waals surface area contributed by atoms with Crippen molar-refractivity contribution in [2.45, 2.75) is 19.4 Å². The number of aryl methyl sites for hydroxylation is 1. The van der Waals surface area contributed by atoms with Crippen molar-refractivity contribution >= 4 is 11.6 Å². The van der Waals surface area contributed by atoms with E-state index >= 15 is 0 Å². The maximum atomic E-state index is 12.2. The lowest BCUT2D eigenvalue weighted by molar-refractivity contribution is -0.116. The molecule has 2 aromatic heterocycles. The maximum absolute atomic E-state index is 12.2. The van der Waals surface area contributed by atoms with Crippen LogP contribution in [0.2, 0.25) is 0 Å². The van der Waals surface area contributed by atoms with E-state index < -0.39 is 0 Å². The number of hydrogen-bond donors (Lipinski definition) is 1. The highest BCUT2D eigenvalue weighted by molar-refractivity contribution is 5.90. The van der Waals surface area contributed by atoms with E-state index in [1.807, 2.05) is 50.5 Å². The highest BCUT2D eigenvalue weighted by Crippen LogP contribution is 2.15. The van der Waals surface area contributed by atoms with E-state index in [-0.39, 0.29) is 12.3 Å². The minimum absolute atomic E-state index is 0.0873. The molecule has 0 aliphatic carbocycles. The van der Waals surface area contributed by atoms with Crippen molar-refractivity contribution in [3.63, 3.8) is 0 Å². The molecule has 0 unspecified atom stereocenters. The van der Waals surface area contributed by atoms with E-state index in [0.717, 1.165) is 23.4 Å². The number of rotatable bonds is 7. The molecular weight excluding hydrogens is 330 g/mol. The summed E-state index contributed by atoms with van der Waals surface area (Å²) in [4.78, 5) is 22.5. The standard InChI is InChI=1S/C19H21N5O2/c1-24(2)13-14-4-3-5-16(12-14)21-17(25)6-7-18-22-19(23-26-18)15-8-10-20-11-9-15/h3-5,8-12H,6-7,13H2,1-2H3,(H,21,25). The quantitative estimate of drug-likeness (QED) is 0.705. The fourth-order valence-corrected chi connectivity index (χ4v) is 2.53. The van der Waals surface area contributed by atoms with Gasteiger partial charge in [-0.3, -0.25) is 9.78 Å². The monoisotopic (exact) mass is 351 g/mol. The summed E-state index contributed by atoms with van der Waals surface area (Å²) in [6, 6.07) is 11.4. The Hall–Kier alpha value is -3.06. The van der Waals surface area contributed by atoms with E-state index in [2.05, 4.69) is 25.3 Å². The molecule has 2 heterocycles. The Morgan fingerprint density at radius 2 is 2.00 bits per heavy atom. The fraction of sp³-hybridized carbons (Fsp3) is 0.263. The number of benzene rings is 1. The molecule has 1 N–H and O–H groups in total. The number of amides is 1. The average molecular weight is 351 g/mol. The summed E-state index contributed by atoms with van der Waals surface area (Å²) in [5.74, 6) is 0.850. The number of carbonyl (C=O) groups is 1. The van der Waals surface area contributed by atoms with Crippen LogP contribution in [0.4, 0.5) is 5.69 Å². The van der Waals surface area contributed by atoms with E-state index in [9.17, 15) is 4.79 Å². The summed E-state index contributed by atoms with van der Waals surface area (Å²) in [6.07, 6.45) is 4.00. The third kappa shape index (κ3) is 4.97. The Bertz CT molecular complexity index is 861. The van der Waals surface area contributed by atoms with E-state index in [1.54, 1.807) is 12.4 Å². The van der Waals surface area contributed by atoms with Gasteiger partial charge < -0.3 is 14.7 Å². The second-order valence-corrected chi connectivity index (χ2v) is 6.23. The predicted molar refractivity (Wildman–Crippen MR) is 98.3 cm³/mol. The highest BCUT2D eigenvalue weighted by atomic mass is 16.5. The first-order valence-electron chi connectivity index (χ1n) is 8.36. The van der Waals surface area contributed by atoms with Gasteiger partial charge in [0, 0.05) is 43.0 Å². The molecule has 0 aliphatic heterocycles. The van der Waals surface area contributed by atoms with E-state index in [1.165, 1.54) is 0 Å². The van der Waals surface area contributed by atoms with Gasteiger partial charge in [0.05, 0.1) is 0 Å². The smallest absolute Gasteiger partial charge is 0.227 e. The molecule has 0 atom stereocenters. The van der Waals surface area contributed by atoms with Crippen molar-refractivity contribution in [1.29, 1.82) is 0 Å². The molecule has 0 fully saturated rings. The molecule has 1 aromatic carbocycles. The molecule has 3 rings (SSSR count). The molecule has 7 nitrogen and oxygen atoms in total. The van der Waals surface area contributed by atoms with Gasteiger partial charge in [0.2, 0.25) is 17.6 Å². The normalized spacial score (nSPS) is 10.9. The molecular formula is C19H21N5O2. The van der Waals surface area contributed by atoms with Crippen LogP contribution in [0.3, 0.4) is 0 Å². The molecule has 1 amide bonds. The molecule has 7 heteroatoms. The molecule has 3 aromatic rings. The van der Waals surface area contributed by atoms with Gasteiger partial charge in [-0.15, -0.1) is 0 Å². The second-order valence-electron chi connectivity index (χ2n) is 6.23. The number of hydrogen-bond acceptors (Lipinski definition) is 6. The Morgan fingerprint density at radius 1 is 1.19 bits per heavy atom. The van der Waals surface area contributed by atoms with Crippen LogP contribution in [-0.2, 0) is 17.8 Å². The molecule has 0 aliphatic rings. The zero-order chi connectivity index (χ0) is 18.4. The molecule has 0 radical (unpaired) electrons. The van der Waals surface area contributed by atoms with Gasteiger partial charge in [-0.1, -0.05) is 17.3 Å². The van der Waals surface area contributed by atoms with Crippen molar-refractivity contribution in [2.24, 2.45) is 0 Å². The molecule has 134 valence electrons. The zero-order valence-electron chi connectivity index (χ0n) is 14.8. The van der Waals surface area contributed by atoms with Crippen LogP contribution in [0.1, 0.15) is 17.9 Å². The predicted octanol–water partition coefficient (Wildman–Crippen LogP) is 2.76. The lowest BCUT2D eigenvalue weighted by Gasteiger charge is -2.11. The molecule has 0 spiro atoms. The number of nitrogens with one attached hydrogen (secondary N) is 1. The Morgan fingerprint density at radius 3 is 2.77 bits per heavy atom. The van der Waals surface area contributed by atoms with Crippen molar-refractivity contribution < 1.29 is 9.32 Å². The van der Waals surface area contributed by atoms with Gasteiger partial charge in [0.15, 0.2) is 0 Å². The van der Waals surface area contributed by atoms with Crippen molar-refractivity contribution in [3.05, 3.63) is 60.2 Å². The van der Waals surface area contributed by atoms with Gasteiger partial charge in [-0.2, -0.15) is 4.98 Å². The Labute approximate surface area is 152 Å².